The monoisotopic (exact) mass is 441 g/mol. The molecule has 0 spiro atoms. The maximum atomic E-state index is 12.8. The van der Waals surface area contributed by atoms with Gasteiger partial charge in [0.1, 0.15) is 5.75 Å². The third kappa shape index (κ3) is 4.98. The zero-order valence-corrected chi connectivity index (χ0v) is 17.5. The molecular formula is C21H19N3O6S. The molecule has 10 heteroatoms. The lowest BCUT2D eigenvalue weighted by molar-refractivity contribution is -0.385. The van der Waals surface area contributed by atoms with E-state index >= 15 is 0 Å². The Morgan fingerprint density at radius 1 is 1.03 bits per heavy atom. The maximum absolute atomic E-state index is 12.8. The zero-order chi connectivity index (χ0) is 22.6. The topological polar surface area (TPSA) is 128 Å². The molecule has 160 valence electrons. The smallest absolute Gasteiger partial charge is 0.272 e. The zero-order valence-electron chi connectivity index (χ0n) is 16.7. The van der Waals surface area contributed by atoms with Crippen molar-refractivity contribution in [1.82, 2.24) is 0 Å². The molecule has 9 nitrogen and oxygen atoms in total. The molecule has 3 aromatic carbocycles. The standard InChI is InChI=1S/C21H19N3O6S/c1-14-12-15(10-11-19(14)24(26)27)21(25)22-16-6-5-7-17(13-16)31(28,29)23-18-8-3-4-9-20(18)30-2/h3-13,23H,1-2H3,(H,22,25). The first-order valence-corrected chi connectivity index (χ1v) is 10.5. The van der Waals surface area contributed by atoms with Crippen molar-refractivity contribution >= 4 is 33.0 Å². The van der Waals surface area contributed by atoms with E-state index in [0.29, 0.717) is 11.3 Å². The number of nitrogens with one attached hydrogen (secondary N) is 2. The second-order valence-electron chi connectivity index (χ2n) is 6.55. The van der Waals surface area contributed by atoms with Crippen LogP contribution in [0.15, 0.2) is 71.6 Å². The van der Waals surface area contributed by atoms with Crippen LogP contribution in [0, 0.1) is 17.0 Å². The van der Waals surface area contributed by atoms with Crippen molar-refractivity contribution in [3.63, 3.8) is 0 Å². The molecule has 0 aliphatic carbocycles. The molecule has 0 heterocycles. The van der Waals surface area contributed by atoms with Crippen molar-refractivity contribution in [2.45, 2.75) is 11.8 Å². The summed E-state index contributed by atoms with van der Waals surface area (Å²) in [5.74, 6) is -0.158. The summed E-state index contributed by atoms with van der Waals surface area (Å²) < 4.78 is 33.2. The number of nitrogens with zero attached hydrogens (tertiary/aromatic N) is 1. The Bertz CT molecular complexity index is 1260. The molecule has 0 bridgehead atoms. The van der Waals surface area contributed by atoms with Gasteiger partial charge in [-0.25, -0.2) is 8.42 Å². The Hall–Kier alpha value is -3.92. The number of carbonyl (C=O) groups is 1. The number of nitro groups is 1. The van der Waals surface area contributed by atoms with Crippen LogP contribution in [0.1, 0.15) is 15.9 Å². The second-order valence-corrected chi connectivity index (χ2v) is 8.23. The summed E-state index contributed by atoms with van der Waals surface area (Å²) in [5.41, 5.74) is 0.996. The van der Waals surface area contributed by atoms with Gasteiger partial charge in [-0.2, -0.15) is 0 Å². The molecule has 0 aliphatic rings. The number of anilines is 2. The highest BCUT2D eigenvalue weighted by atomic mass is 32.2. The van der Waals surface area contributed by atoms with Gasteiger partial charge in [-0.1, -0.05) is 18.2 Å². The summed E-state index contributed by atoms with van der Waals surface area (Å²) in [4.78, 5) is 22.9. The van der Waals surface area contributed by atoms with Crippen LogP contribution in [0.25, 0.3) is 0 Å². The molecule has 31 heavy (non-hydrogen) atoms. The average molecular weight is 441 g/mol. The summed E-state index contributed by atoms with van der Waals surface area (Å²) >= 11 is 0. The van der Waals surface area contributed by atoms with Gasteiger partial charge in [-0.05, 0) is 49.4 Å². The number of aryl methyl sites for hydroxylation is 1. The number of rotatable bonds is 7. The van der Waals surface area contributed by atoms with Crippen LogP contribution in [0.5, 0.6) is 5.75 Å². The fourth-order valence-corrected chi connectivity index (χ4v) is 3.99. The van der Waals surface area contributed by atoms with Gasteiger partial charge in [-0.3, -0.25) is 19.6 Å². The Labute approximate surface area is 178 Å². The van der Waals surface area contributed by atoms with E-state index in [1.54, 1.807) is 24.3 Å². The third-order valence-corrected chi connectivity index (χ3v) is 5.77. The van der Waals surface area contributed by atoms with Gasteiger partial charge in [0.25, 0.3) is 21.6 Å². The molecule has 3 aromatic rings. The lowest BCUT2D eigenvalue weighted by Crippen LogP contribution is -2.15. The highest BCUT2D eigenvalue weighted by molar-refractivity contribution is 7.92. The largest absolute Gasteiger partial charge is 0.495 e. The van der Waals surface area contributed by atoms with E-state index < -0.39 is 20.9 Å². The Balaban J connectivity index is 1.82. The Kier molecular flexibility index (Phi) is 6.21. The van der Waals surface area contributed by atoms with Crippen molar-refractivity contribution < 1.29 is 22.9 Å². The van der Waals surface area contributed by atoms with Crippen LogP contribution in [0.2, 0.25) is 0 Å². The molecule has 0 fully saturated rings. The molecule has 0 unspecified atom stereocenters. The van der Waals surface area contributed by atoms with E-state index in [1.165, 1.54) is 56.5 Å². The first-order valence-electron chi connectivity index (χ1n) is 9.03. The van der Waals surface area contributed by atoms with E-state index in [-0.39, 0.29) is 27.5 Å². The molecule has 3 rings (SSSR count). The van der Waals surface area contributed by atoms with Crippen LogP contribution in [-0.2, 0) is 10.0 Å². The number of carbonyl (C=O) groups excluding carboxylic acids is 1. The second kappa shape index (κ2) is 8.84. The minimum absolute atomic E-state index is 0.0592. The van der Waals surface area contributed by atoms with Gasteiger partial charge in [0.15, 0.2) is 0 Å². The normalized spacial score (nSPS) is 10.9. The van der Waals surface area contributed by atoms with Gasteiger partial charge in [0.2, 0.25) is 0 Å². The van der Waals surface area contributed by atoms with Crippen molar-refractivity contribution in [1.29, 1.82) is 0 Å². The number of hydrogen-bond donors (Lipinski definition) is 2. The molecular weight excluding hydrogens is 422 g/mol. The predicted octanol–water partition coefficient (Wildman–Crippen LogP) is 3.96. The average Bonchev–Trinajstić information content (AvgIpc) is 2.73. The molecule has 0 radical (unpaired) electrons. The summed E-state index contributed by atoms with van der Waals surface area (Å²) in [6.45, 7) is 1.53. The third-order valence-electron chi connectivity index (χ3n) is 4.41. The fourth-order valence-electron chi connectivity index (χ4n) is 2.88. The highest BCUT2D eigenvalue weighted by Gasteiger charge is 2.18. The molecule has 0 aromatic heterocycles. The summed E-state index contributed by atoms with van der Waals surface area (Å²) in [7, 11) is -2.51. The van der Waals surface area contributed by atoms with Crippen LogP contribution in [0.3, 0.4) is 0 Å². The van der Waals surface area contributed by atoms with Crippen LogP contribution < -0.4 is 14.8 Å². The minimum atomic E-state index is -3.95. The quantitative estimate of drug-likeness (QED) is 0.422. The van der Waals surface area contributed by atoms with Crippen molar-refractivity contribution in [3.05, 3.63) is 88.0 Å². The van der Waals surface area contributed by atoms with Gasteiger partial charge in [-0.15, -0.1) is 0 Å². The molecule has 1 amide bonds. The number of amides is 1. The lowest BCUT2D eigenvalue weighted by atomic mass is 10.1. The molecule has 0 saturated heterocycles. The van der Waals surface area contributed by atoms with E-state index in [2.05, 4.69) is 10.0 Å². The van der Waals surface area contributed by atoms with Gasteiger partial charge < -0.3 is 10.1 Å². The maximum Gasteiger partial charge on any atom is 0.272 e. The number of hydrogen-bond acceptors (Lipinski definition) is 6. The number of benzene rings is 3. The Morgan fingerprint density at radius 3 is 2.45 bits per heavy atom. The minimum Gasteiger partial charge on any atom is -0.495 e. The number of sulfonamides is 1. The fraction of sp³-hybridized carbons (Fsp3) is 0.0952. The number of para-hydroxylation sites is 2. The number of nitro benzene ring substituents is 1. The first-order chi connectivity index (χ1) is 14.7. The van der Waals surface area contributed by atoms with E-state index in [9.17, 15) is 23.3 Å². The van der Waals surface area contributed by atoms with Crippen LogP contribution >= 0.6 is 0 Å². The molecule has 0 saturated carbocycles. The van der Waals surface area contributed by atoms with E-state index in [0.717, 1.165) is 0 Å². The summed E-state index contributed by atoms with van der Waals surface area (Å²) in [6.07, 6.45) is 0. The molecule has 0 aliphatic heterocycles. The lowest BCUT2D eigenvalue weighted by Gasteiger charge is -2.12. The van der Waals surface area contributed by atoms with Gasteiger partial charge in [0, 0.05) is 22.9 Å². The van der Waals surface area contributed by atoms with Gasteiger partial charge in [0.05, 0.1) is 22.6 Å². The van der Waals surface area contributed by atoms with Crippen LogP contribution in [-0.4, -0.2) is 26.4 Å². The summed E-state index contributed by atoms with van der Waals surface area (Å²) in [5, 5.41) is 13.5. The molecule has 0 atom stereocenters. The predicted molar refractivity (Wildman–Crippen MR) is 116 cm³/mol. The van der Waals surface area contributed by atoms with Crippen molar-refractivity contribution in [2.75, 3.05) is 17.1 Å². The van der Waals surface area contributed by atoms with E-state index in [4.69, 9.17) is 4.74 Å². The summed E-state index contributed by atoms with van der Waals surface area (Å²) in [6, 6.07) is 16.3. The van der Waals surface area contributed by atoms with Crippen molar-refractivity contribution in [3.8, 4) is 5.75 Å². The van der Waals surface area contributed by atoms with Gasteiger partial charge >= 0.3 is 0 Å². The SMILES string of the molecule is COc1ccccc1NS(=O)(=O)c1cccc(NC(=O)c2ccc([N+](=O)[O-])c(C)c2)c1. The number of methoxy groups -OCH3 is 1. The van der Waals surface area contributed by atoms with Crippen molar-refractivity contribution in [2.24, 2.45) is 0 Å². The van der Waals surface area contributed by atoms with Crippen LogP contribution in [0.4, 0.5) is 17.1 Å². The highest BCUT2D eigenvalue weighted by Crippen LogP contribution is 2.27. The van der Waals surface area contributed by atoms with E-state index in [1.807, 2.05) is 0 Å². The Morgan fingerprint density at radius 2 is 1.77 bits per heavy atom. The number of ether oxygens (including phenoxy) is 1. The molecule has 2 N–H and O–H groups in total. The first kappa shape index (κ1) is 21.8.